The highest BCUT2D eigenvalue weighted by Crippen LogP contribution is 2.17. The summed E-state index contributed by atoms with van der Waals surface area (Å²) in [6.45, 7) is 1.76. The summed E-state index contributed by atoms with van der Waals surface area (Å²) in [5.41, 5.74) is 0.287. The van der Waals surface area contributed by atoms with Crippen LogP contribution in [0.2, 0.25) is 0 Å². The molecule has 3 amide bonds. The van der Waals surface area contributed by atoms with E-state index in [1.54, 1.807) is 18.9 Å². The van der Waals surface area contributed by atoms with Crippen molar-refractivity contribution in [1.82, 2.24) is 15.5 Å². The molecular weight excluding hydrogens is 328 g/mol. The summed E-state index contributed by atoms with van der Waals surface area (Å²) in [5.74, 6) is -1.76. The fourth-order valence-corrected chi connectivity index (χ4v) is 2.94. The predicted molar refractivity (Wildman–Crippen MR) is 90.8 cm³/mol. The molecule has 0 spiro atoms. The van der Waals surface area contributed by atoms with Crippen LogP contribution in [-0.2, 0) is 11.3 Å². The van der Waals surface area contributed by atoms with Crippen LogP contribution < -0.4 is 10.6 Å². The maximum absolute atomic E-state index is 13.7. The first-order valence-corrected chi connectivity index (χ1v) is 8.62. The lowest BCUT2D eigenvalue weighted by molar-refractivity contribution is -0.124. The van der Waals surface area contributed by atoms with Crippen LogP contribution in [0.1, 0.15) is 44.6 Å². The Morgan fingerprint density at radius 2 is 1.92 bits per heavy atom. The minimum Gasteiger partial charge on any atom is -0.335 e. The SMILES string of the molecule is C[C@@H](C(=O)NC(=O)NC1CCCCC1)N(C)Cc1ccc(F)cc1F. The number of hydrogen-bond acceptors (Lipinski definition) is 3. The van der Waals surface area contributed by atoms with E-state index < -0.39 is 29.6 Å². The lowest BCUT2D eigenvalue weighted by Crippen LogP contribution is -2.50. The molecule has 1 aliphatic rings. The molecule has 1 aliphatic carbocycles. The molecule has 0 radical (unpaired) electrons. The van der Waals surface area contributed by atoms with Gasteiger partial charge in [-0.05, 0) is 32.9 Å². The molecule has 138 valence electrons. The van der Waals surface area contributed by atoms with E-state index in [0.29, 0.717) is 0 Å². The summed E-state index contributed by atoms with van der Waals surface area (Å²) in [7, 11) is 1.64. The Kier molecular flexibility index (Phi) is 6.87. The number of nitrogens with one attached hydrogen (secondary N) is 2. The summed E-state index contributed by atoms with van der Waals surface area (Å²) in [6, 6.07) is 2.32. The van der Waals surface area contributed by atoms with Crippen molar-refractivity contribution in [3.8, 4) is 0 Å². The van der Waals surface area contributed by atoms with Gasteiger partial charge in [-0.3, -0.25) is 15.0 Å². The van der Waals surface area contributed by atoms with Crippen molar-refractivity contribution in [3.63, 3.8) is 0 Å². The average Bonchev–Trinajstić information content (AvgIpc) is 2.57. The molecule has 0 heterocycles. The number of benzene rings is 1. The first-order chi connectivity index (χ1) is 11.9. The van der Waals surface area contributed by atoms with Crippen LogP contribution in [-0.4, -0.2) is 36.0 Å². The number of urea groups is 1. The van der Waals surface area contributed by atoms with Gasteiger partial charge in [0, 0.05) is 24.2 Å². The van der Waals surface area contributed by atoms with Crippen molar-refractivity contribution in [2.45, 2.75) is 57.7 Å². The summed E-state index contributed by atoms with van der Waals surface area (Å²) in [5, 5.41) is 5.15. The first kappa shape index (κ1) is 19.3. The molecule has 0 aliphatic heterocycles. The van der Waals surface area contributed by atoms with Crippen LogP contribution in [0.3, 0.4) is 0 Å². The lowest BCUT2D eigenvalue weighted by Gasteiger charge is -2.25. The Labute approximate surface area is 146 Å². The Bertz CT molecular complexity index is 618. The third-order valence-electron chi connectivity index (χ3n) is 4.65. The van der Waals surface area contributed by atoms with Gasteiger partial charge < -0.3 is 5.32 Å². The van der Waals surface area contributed by atoms with Gasteiger partial charge in [0.15, 0.2) is 0 Å². The van der Waals surface area contributed by atoms with Gasteiger partial charge in [-0.2, -0.15) is 0 Å². The van der Waals surface area contributed by atoms with Gasteiger partial charge >= 0.3 is 6.03 Å². The maximum Gasteiger partial charge on any atom is 0.321 e. The molecule has 0 saturated heterocycles. The monoisotopic (exact) mass is 353 g/mol. The van der Waals surface area contributed by atoms with Crippen LogP contribution >= 0.6 is 0 Å². The number of halogens is 2. The van der Waals surface area contributed by atoms with Crippen molar-refractivity contribution >= 4 is 11.9 Å². The van der Waals surface area contributed by atoms with Crippen LogP contribution in [0.25, 0.3) is 0 Å². The molecule has 1 aromatic rings. The number of rotatable bonds is 5. The Balaban J connectivity index is 1.84. The number of nitrogens with zero attached hydrogens (tertiary/aromatic N) is 1. The molecule has 1 atom stereocenters. The number of imide groups is 1. The highest BCUT2D eigenvalue weighted by Gasteiger charge is 2.22. The zero-order valence-electron chi connectivity index (χ0n) is 14.6. The minimum atomic E-state index is -0.658. The van der Waals surface area contributed by atoms with Gasteiger partial charge in [-0.15, -0.1) is 0 Å². The molecule has 1 aromatic carbocycles. The van der Waals surface area contributed by atoms with Crippen LogP contribution in [0, 0.1) is 11.6 Å². The third kappa shape index (κ3) is 5.77. The van der Waals surface area contributed by atoms with Crippen LogP contribution in [0.15, 0.2) is 18.2 Å². The van der Waals surface area contributed by atoms with E-state index in [9.17, 15) is 18.4 Å². The minimum absolute atomic E-state index is 0.114. The van der Waals surface area contributed by atoms with E-state index in [1.165, 1.54) is 18.6 Å². The van der Waals surface area contributed by atoms with Crippen molar-refractivity contribution in [1.29, 1.82) is 0 Å². The molecule has 1 fully saturated rings. The number of hydrogen-bond donors (Lipinski definition) is 2. The summed E-state index contributed by atoms with van der Waals surface area (Å²) >= 11 is 0. The Hall–Kier alpha value is -2.02. The second-order valence-corrected chi connectivity index (χ2v) is 6.62. The normalized spacial score (nSPS) is 16.5. The zero-order chi connectivity index (χ0) is 18.4. The molecule has 1 saturated carbocycles. The molecule has 2 N–H and O–H groups in total. The van der Waals surface area contributed by atoms with E-state index in [4.69, 9.17) is 0 Å². The topological polar surface area (TPSA) is 61.4 Å². The van der Waals surface area contributed by atoms with Gasteiger partial charge in [0.2, 0.25) is 5.91 Å². The lowest BCUT2D eigenvalue weighted by atomic mass is 9.96. The Morgan fingerprint density at radius 3 is 2.56 bits per heavy atom. The molecule has 7 heteroatoms. The Morgan fingerprint density at radius 1 is 1.24 bits per heavy atom. The van der Waals surface area contributed by atoms with E-state index in [-0.39, 0.29) is 18.2 Å². The van der Waals surface area contributed by atoms with Crippen LogP contribution in [0.5, 0.6) is 0 Å². The van der Waals surface area contributed by atoms with Crippen molar-refractivity contribution in [2.75, 3.05) is 7.05 Å². The fraction of sp³-hybridized carbons (Fsp3) is 0.556. The number of carbonyl (C=O) groups excluding carboxylic acids is 2. The van der Waals surface area contributed by atoms with Crippen molar-refractivity contribution < 1.29 is 18.4 Å². The molecule has 2 rings (SSSR count). The molecule has 25 heavy (non-hydrogen) atoms. The van der Waals surface area contributed by atoms with E-state index >= 15 is 0 Å². The van der Waals surface area contributed by atoms with Crippen molar-refractivity contribution in [2.24, 2.45) is 0 Å². The molecule has 0 unspecified atom stereocenters. The standard InChI is InChI=1S/C18H25F2N3O2/c1-12(23(2)11-13-8-9-14(19)10-16(13)20)17(24)22-18(25)21-15-6-4-3-5-7-15/h8-10,12,15H,3-7,11H2,1-2H3,(H2,21,22,24,25)/t12-/m0/s1. The van der Waals surface area contributed by atoms with Gasteiger partial charge in [0.25, 0.3) is 0 Å². The van der Waals surface area contributed by atoms with Gasteiger partial charge in [-0.1, -0.05) is 25.3 Å². The van der Waals surface area contributed by atoms with Gasteiger partial charge in [0.1, 0.15) is 11.6 Å². The van der Waals surface area contributed by atoms with E-state index in [0.717, 1.165) is 31.7 Å². The quantitative estimate of drug-likeness (QED) is 0.856. The third-order valence-corrected chi connectivity index (χ3v) is 4.65. The van der Waals surface area contributed by atoms with Crippen molar-refractivity contribution in [3.05, 3.63) is 35.4 Å². The number of amides is 3. The molecule has 0 aromatic heterocycles. The first-order valence-electron chi connectivity index (χ1n) is 8.62. The van der Waals surface area contributed by atoms with E-state index in [2.05, 4.69) is 10.6 Å². The summed E-state index contributed by atoms with van der Waals surface area (Å²) < 4.78 is 26.7. The second kappa shape index (κ2) is 8.89. The fourth-order valence-electron chi connectivity index (χ4n) is 2.94. The van der Waals surface area contributed by atoms with E-state index in [1.807, 2.05) is 0 Å². The second-order valence-electron chi connectivity index (χ2n) is 6.62. The zero-order valence-corrected chi connectivity index (χ0v) is 14.6. The molecule has 0 bridgehead atoms. The summed E-state index contributed by atoms with van der Waals surface area (Å²) in [6.07, 6.45) is 5.21. The number of carbonyl (C=O) groups is 2. The maximum atomic E-state index is 13.7. The van der Waals surface area contributed by atoms with Gasteiger partial charge in [0.05, 0.1) is 6.04 Å². The van der Waals surface area contributed by atoms with Crippen LogP contribution in [0.4, 0.5) is 13.6 Å². The average molecular weight is 353 g/mol. The highest BCUT2D eigenvalue weighted by atomic mass is 19.1. The molecule has 5 nitrogen and oxygen atoms in total. The largest absolute Gasteiger partial charge is 0.335 e. The smallest absolute Gasteiger partial charge is 0.321 e. The highest BCUT2D eigenvalue weighted by molar-refractivity contribution is 5.96. The summed E-state index contributed by atoms with van der Waals surface area (Å²) in [4.78, 5) is 25.7. The number of likely N-dealkylation sites (N-methyl/N-ethyl adjacent to an activating group) is 1. The predicted octanol–water partition coefficient (Wildman–Crippen LogP) is 2.94. The molecular formula is C18H25F2N3O2. The van der Waals surface area contributed by atoms with Gasteiger partial charge in [-0.25, -0.2) is 13.6 Å².